The van der Waals surface area contributed by atoms with Crippen LogP contribution in [0.1, 0.15) is 10.9 Å². The van der Waals surface area contributed by atoms with Gasteiger partial charge in [0.15, 0.2) is 0 Å². The zero-order valence-electron chi connectivity index (χ0n) is 13.8. The summed E-state index contributed by atoms with van der Waals surface area (Å²) in [7, 11) is 2.15. The smallest absolute Gasteiger partial charge is 0.319 e. The number of hydrogen-bond donors (Lipinski definition) is 2. The molecule has 2 N–H and O–H groups in total. The predicted molar refractivity (Wildman–Crippen MR) is 97.4 cm³/mol. The minimum atomic E-state index is -0.183. The molecule has 1 unspecified atom stereocenters. The van der Waals surface area contributed by atoms with Crippen molar-refractivity contribution in [2.24, 2.45) is 0 Å². The number of nitrogens with zero attached hydrogens (tertiary/aromatic N) is 3. The van der Waals surface area contributed by atoms with Crippen LogP contribution in [0.3, 0.4) is 0 Å². The van der Waals surface area contributed by atoms with Gasteiger partial charge in [-0.05, 0) is 30.6 Å². The maximum absolute atomic E-state index is 12.2. The molecule has 0 bridgehead atoms. The van der Waals surface area contributed by atoms with Crippen LogP contribution in [0, 0.1) is 0 Å². The molecular formula is C17H23N5OS. The second kappa shape index (κ2) is 8.23. The Kier molecular flexibility index (Phi) is 5.79. The lowest BCUT2D eigenvalue weighted by molar-refractivity contribution is 0.113. The highest BCUT2D eigenvalue weighted by molar-refractivity contribution is 7.10. The number of urea groups is 1. The number of carbonyl (C=O) groups excluding carboxylic acids is 1. The van der Waals surface area contributed by atoms with Crippen LogP contribution in [-0.4, -0.2) is 60.6 Å². The lowest BCUT2D eigenvalue weighted by Gasteiger charge is -2.37. The Morgan fingerprint density at radius 2 is 2.00 bits per heavy atom. The Hall–Kier alpha value is -1.96. The standard InChI is InChI=1S/C17H23N5OS/c1-21-8-10-22(11-9-21)15(16-3-2-12-24-16)13-19-17(23)20-14-4-6-18-7-5-14/h2-7,12,15H,8-11,13H2,1H3,(H2,18,19,20,23). The molecule has 3 heterocycles. The third-order valence-electron chi connectivity index (χ3n) is 4.24. The van der Waals surface area contributed by atoms with Crippen LogP contribution in [0.4, 0.5) is 10.5 Å². The maximum Gasteiger partial charge on any atom is 0.319 e. The molecule has 0 spiro atoms. The van der Waals surface area contributed by atoms with E-state index in [1.54, 1.807) is 35.9 Å². The van der Waals surface area contributed by atoms with Crippen molar-refractivity contribution < 1.29 is 4.79 Å². The molecule has 0 radical (unpaired) electrons. The van der Waals surface area contributed by atoms with Gasteiger partial charge in [0, 0.05) is 55.7 Å². The number of pyridine rings is 1. The summed E-state index contributed by atoms with van der Waals surface area (Å²) >= 11 is 1.75. The zero-order chi connectivity index (χ0) is 16.8. The molecule has 1 atom stereocenters. The molecule has 128 valence electrons. The van der Waals surface area contributed by atoms with E-state index in [9.17, 15) is 4.79 Å². The maximum atomic E-state index is 12.2. The van der Waals surface area contributed by atoms with E-state index in [2.05, 4.69) is 50.0 Å². The number of anilines is 1. The number of likely N-dealkylation sites (N-methyl/N-ethyl adjacent to an activating group) is 1. The molecule has 1 fully saturated rings. The first kappa shape index (κ1) is 16.9. The first-order valence-corrected chi connectivity index (χ1v) is 9.01. The summed E-state index contributed by atoms with van der Waals surface area (Å²) in [6, 6.07) is 7.81. The quantitative estimate of drug-likeness (QED) is 0.873. The van der Waals surface area contributed by atoms with Crippen molar-refractivity contribution in [2.75, 3.05) is 45.1 Å². The van der Waals surface area contributed by atoms with E-state index < -0.39 is 0 Å². The van der Waals surface area contributed by atoms with Crippen molar-refractivity contribution in [1.82, 2.24) is 20.1 Å². The summed E-state index contributed by atoms with van der Waals surface area (Å²) in [6.45, 7) is 4.76. The molecule has 0 aliphatic carbocycles. The lowest BCUT2D eigenvalue weighted by Crippen LogP contribution is -2.48. The van der Waals surface area contributed by atoms with Crippen LogP contribution in [0.15, 0.2) is 42.0 Å². The van der Waals surface area contributed by atoms with Crippen LogP contribution in [0.5, 0.6) is 0 Å². The molecule has 2 aromatic heterocycles. The highest BCUT2D eigenvalue weighted by Crippen LogP contribution is 2.25. The SMILES string of the molecule is CN1CCN(C(CNC(=O)Nc2ccncc2)c2cccs2)CC1. The molecule has 1 saturated heterocycles. The molecular weight excluding hydrogens is 322 g/mol. The molecule has 24 heavy (non-hydrogen) atoms. The minimum absolute atomic E-state index is 0.183. The van der Waals surface area contributed by atoms with Gasteiger partial charge in [-0.15, -0.1) is 11.3 Å². The van der Waals surface area contributed by atoms with Gasteiger partial charge < -0.3 is 15.5 Å². The van der Waals surface area contributed by atoms with Crippen LogP contribution < -0.4 is 10.6 Å². The van der Waals surface area contributed by atoms with Crippen molar-refractivity contribution in [1.29, 1.82) is 0 Å². The number of aromatic nitrogens is 1. The van der Waals surface area contributed by atoms with Crippen LogP contribution in [0.2, 0.25) is 0 Å². The Morgan fingerprint density at radius 1 is 1.25 bits per heavy atom. The molecule has 6 nitrogen and oxygen atoms in total. The fourth-order valence-electron chi connectivity index (χ4n) is 2.82. The minimum Gasteiger partial charge on any atom is -0.336 e. The highest BCUT2D eigenvalue weighted by Gasteiger charge is 2.25. The topological polar surface area (TPSA) is 60.5 Å². The summed E-state index contributed by atoms with van der Waals surface area (Å²) in [6.07, 6.45) is 3.32. The molecule has 2 aromatic rings. The summed E-state index contributed by atoms with van der Waals surface area (Å²) in [5.74, 6) is 0. The monoisotopic (exact) mass is 345 g/mol. The van der Waals surface area contributed by atoms with E-state index in [0.29, 0.717) is 6.54 Å². The number of piperazine rings is 1. The van der Waals surface area contributed by atoms with Crippen molar-refractivity contribution in [3.05, 3.63) is 46.9 Å². The van der Waals surface area contributed by atoms with Gasteiger partial charge >= 0.3 is 6.03 Å². The summed E-state index contributed by atoms with van der Waals surface area (Å²) in [5.41, 5.74) is 0.745. The van der Waals surface area contributed by atoms with Gasteiger partial charge in [0.2, 0.25) is 0 Å². The van der Waals surface area contributed by atoms with E-state index in [0.717, 1.165) is 31.9 Å². The third-order valence-corrected chi connectivity index (χ3v) is 5.22. The first-order chi connectivity index (χ1) is 11.7. The normalized spacial score (nSPS) is 17.4. The molecule has 7 heteroatoms. The largest absolute Gasteiger partial charge is 0.336 e. The Morgan fingerprint density at radius 3 is 2.67 bits per heavy atom. The molecule has 1 aliphatic heterocycles. The first-order valence-electron chi connectivity index (χ1n) is 8.13. The van der Waals surface area contributed by atoms with Crippen molar-refractivity contribution >= 4 is 23.1 Å². The lowest BCUT2D eigenvalue weighted by atomic mass is 10.1. The highest BCUT2D eigenvalue weighted by atomic mass is 32.1. The average molecular weight is 345 g/mol. The van der Waals surface area contributed by atoms with E-state index in [1.165, 1.54) is 4.88 Å². The van der Waals surface area contributed by atoms with E-state index in [-0.39, 0.29) is 12.1 Å². The van der Waals surface area contributed by atoms with Crippen LogP contribution >= 0.6 is 11.3 Å². The molecule has 1 aliphatic rings. The molecule has 0 aromatic carbocycles. The average Bonchev–Trinajstić information content (AvgIpc) is 3.12. The molecule has 0 saturated carbocycles. The summed E-state index contributed by atoms with van der Waals surface area (Å²) in [5, 5.41) is 7.94. The summed E-state index contributed by atoms with van der Waals surface area (Å²) in [4.78, 5) is 22.2. The predicted octanol–water partition coefficient (Wildman–Crippen LogP) is 2.25. The number of carbonyl (C=O) groups is 1. The number of nitrogens with one attached hydrogen (secondary N) is 2. The Bertz CT molecular complexity index is 626. The second-order valence-electron chi connectivity index (χ2n) is 5.94. The number of thiophene rings is 1. The van der Waals surface area contributed by atoms with Crippen LogP contribution in [-0.2, 0) is 0 Å². The molecule has 2 amide bonds. The van der Waals surface area contributed by atoms with Gasteiger partial charge in [-0.2, -0.15) is 0 Å². The Labute approximate surface area is 146 Å². The van der Waals surface area contributed by atoms with Gasteiger partial charge in [0.25, 0.3) is 0 Å². The van der Waals surface area contributed by atoms with Gasteiger partial charge in [-0.1, -0.05) is 6.07 Å². The second-order valence-corrected chi connectivity index (χ2v) is 6.92. The van der Waals surface area contributed by atoms with Gasteiger partial charge in [-0.3, -0.25) is 9.88 Å². The van der Waals surface area contributed by atoms with Gasteiger partial charge in [0.1, 0.15) is 0 Å². The summed E-state index contributed by atoms with van der Waals surface area (Å²) < 4.78 is 0. The van der Waals surface area contributed by atoms with Gasteiger partial charge in [0.05, 0.1) is 6.04 Å². The molecule has 3 rings (SSSR count). The van der Waals surface area contributed by atoms with E-state index in [1.807, 2.05) is 0 Å². The van der Waals surface area contributed by atoms with Gasteiger partial charge in [-0.25, -0.2) is 4.79 Å². The van der Waals surface area contributed by atoms with Crippen LogP contribution in [0.25, 0.3) is 0 Å². The van der Waals surface area contributed by atoms with Crippen molar-refractivity contribution in [3.63, 3.8) is 0 Å². The third kappa shape index (κ3) is 4.53. The fraction of sp³-hybridized carbons (Fsp3) is 0.412. The van der Waals surface area contributed by atoms with Crippen molar-refractivity contribution in [2.45, 2.75) is 6.04 Å². The van der Waals surface area contributed by atoms with E-state index in [4.69, 9.17) is 0 Å². The number of hydrogen-bond acceptors (Lipinski definition) is 5. The number of amides is 2. The van der Waals surface area contributed by atoms with Crippen molar-refractivity contribution in [3.8, 4) is 0 Å². The number of rotatable bonds is 5. The fourth-order valence-corrected chi connectivity index (χ4v) is 3.68. The van der Waals surface area contributed by atoms with E-state index >= 15 is 0 Å². The Balaban J connectivity index is 1.59. The zero-order valence-corrected chi connectivity index (χ0v) is 14.6.